The highest BCUT2D eigenvalue weighted by Gasteiger charge is 2.31. The predicted molar refractivity (Wildman–Crippen MR) is 101 cm³/mol. The fourth-order valence-corrected chi connectivity index (χ4v) is 3.83. The van der Waals surface area contributed by atoms with Gasteiger partial charge >= 0.3 is 0 Å². The van der Waals surface area contributed by atoms with Crippen LogP contribution < -0.4 is 0 Å². The van der Waals surface area contributed by atoms with E-state index in [1.54, 1.807) is 28.8 Å². The molecule has 1 aliphatic heterocycles. The lowest BCUT2D eigenvalue weighted by Crippen LogP contribution is -2.32. The normalized spacial score (nSPS) is 19.3. The number of benzene rings is 2. The molecule has 0 radical (unpaired) electrons. The number of hydrogen-bond acceptors (Lipinski definition) is 3. The van der Waals surface area contributed by atoms with Crippen molar-refractivity contribution in [3.63, 3.8) is 0 Å². The van der Waals surface area contributed by atoms with Crippen LogP contribution in [0.4, 0.5) is 5.69 Å². The molecule has 1 amide bonds. The molecule has 0 unspecified atom stereocenters. The Hall–Kier alpha value is -1.30. The second-order valence-corrected chi connectivity index (χ2v) is 7.98. The van der Waals surface area contributed by atoms with Gasteiger partial charge in [0.1, 0.15) is 0 Å². The quantitative estimate of drug-likeness (QED) is 0.668. The maximum absolute atomic E-state index is 12.8. The molecule has 0 N–H and O–H groups in total. The predicted octanol–water partition coefficient (Wildman–Crippen LogP) is 5.37. The van der Waals surface area contributed by atoms with Gasteiger partial charge in [0.15, 0.2) is 5.17 Å². The minimum absolute atomic E-state index is 0.0316. The summed E-state index contributed by atoms with van der Waals surface area (Å²) in [5, 5.41) is 1.71. The topological polar surface area (TPSA) is 32.7 Å². The van der Waals surface area contributed by atoms with Crippen LogP contribution in [-0.4, -0.2) is 27.8 Å². The van der Waals surface area contributed by atoms with Crippen LogP contribution in [0.1, 0.15) is 17.3 Å². The van der Waals surface area contributed by atoms with E-state index in [1.807, 2.05) is 36.4 Å². The Morgan fingerprint density at radius 2 is 2.04 bits per heavy atom. The van der Waals surface area contributed by atoms with Gasteiger partial charge in [0, 0.05) is 26.9 Å². The van der Waals surface area contributed by atoms with Crippen LogP contribution >= 0.6 is 39.3 Å². The Morgan fingerprint density at radius 3 is 2.74 bits per heavy atom. The van der Waals surface area contributed by atoms with Crippen molar-refractivity contribution >= 4 is 56.1 Å². The Morgan fingerprint density at radius 1 is 1.30 bits per heavy atom. The molecule has 0 bridgehead atoms. The van der Waals surface area contributed by atoms with Gasteiger partial charge in [0.05, 0.1) is 5.69 Å². The number of amides is 1. The summed E-state index contributed by atoms with van der Waals surface area (Å²) in [6.07, 6.45) is 0. The molecule has 6 heteroatoms. The van der Waals surface area contributed by atoms with Crippen LogP contribution in [0.15, 0.2) is 58.0 Å². The molecule has 3 nitrogen and oxygen atoms in total. The molecule has 1 fully saturated rings. The maximum Gasteiger partial charge on any atom is 0.259 e. The monoisotopic (exact) mass is 408 g/mol. The third-order valence-corrected chi connectivity index (χ3v) is 5.16. The largest absolute Gasteiger partial charge is 0.286 e. The van der Waals surface area contributed by atoms with Gasteiger partial charge in [-0.05, 0) is 42.5 Å². The van der Waals surface area contributed by atoms with Gasteiger partial charge in [-0.1, -0.05) is 52.3 Å². The highest BCUT2D eigenvalue weighted by atomic mass is 79.9. The lowest BCUT2D eigenvalue weighted by Gasteiger charge is -2.16. The van der Waals surface area contributed by atoms with Crippen LogP contribution in [-0.2, 0) is 0 Å². The first kappa shape index (κ1) is 16.6. The van der Waals surface area contributed by atoms with Gasteiger partial charge in [-0.2, -0.15) is 0 Å². The van der Waals surface area contributed by atoms with E-state index in [2.05, 4.69) is 27.8 Å². The zero-order valence-corrected chi connectivity index (χ0v) is 15.5. The molecule has 3 rings (SSSR count). The number of aliphatic imine (C=N–C) groups is 1. The molecule has 1 heterocycles. The number of nitrogens with zero attached hydrogens (tertiary/aromatic N) is 2. The first-order valence-electron chi connectivity index (χ1n) is 7.11. The number of thioether (sulfide) groups is 1. The van der Waals surface area contributed by atoms with Crippen LogP contribution in [0, 0.1) is 0 Å². The standard InChI is InChI=1S/C17H14BrClN2OS/c1-11-10-21(16(22)12-3-2-4-13(18)9-12)17(23-11)20-15-7-5-14(19)6-8-15/h2-9,11H,10H2,1H3/t11-/m1/s1. The molecular weight excluding hydrogens is 396 g/mol. The van der Waals surface area contributed by atoms with E-state index >= 15 is 0 Å². The molecule has 0 spiro atoms. The fourth-order valence-electron chi connectivity index (χ4n) is 2.28. The molecule has 23 heavy (non-hydrogen) atoms. The van der Waals surface area contributed by atoms with Gasteiger partial charge < -0.3 is 0 Å². The summed E-state index contributed by atoms with van der Waals surface area (Å²) in [5.74, 6) is -0.0316. The second-order valence-electron chi connectivity index (χ2n) is 5.23. The smallest absolute Gasteiger partial charge is 0.259 e. The zero-order valence-electron chi connectivity index (χ0n) is 12.4. The number of rotatable bonds is 2. The zero-order chi connectivity index (χ0) is 16.4. The summed E-state index contributed by atoms with van der Waals surface area (Å²) in [4.78, 5) is 19.1. The van der Waals surface area contributed by atoms with Crippen molar-refractivity contribution < 1.29 is 4.79 Å². The first-order valence-corrected chi connectivity index (χ1v) is 9.16. The van der Waals surface area contributed by atoms with E-state index in [4.69, 9.17) is 11.6 Å². The summed E-state index contributed by atoms with van der Waals surface area (Å²) < 4.78 is 0.888. The highest BCUT2D eigenvalue weighted by Crippen LogP contribution is 2.30. The molecule has 0 saturated carbocycles. The third kappa shape index (κ3) is 3.97. The molecule has 1 saturated heterocycles. The van der Waals surface area contributed by atoms with Crippen LogP contribution in [0.3, 0.4) is 0 Å². The Balaban J connectivity index is 1.90. The molecule has 118 valence electrons. The number of carbonyl (C=O) groups is 1. The van der Waals surface area contributed by atoms with E-state index in [0.29, 0.717) is 22.4 Å². The Bertz CT molecular complexity index is 763. The van der Waals surface area contributed by atoms with Crippen molar-refractivity contribution in [2.24, 2.45) is 4.99 Å². The second kappa shape index (κ2) is 7.07. The minimum Gasteiger partial charge on any atom is -0.286 e. The number of halogens is 2. The fraction of sp³-hybridized carbons (Fsp3) is 0.176. The van der Waals surface area contributed by atoms with Crippen molar-refractivity contribution in [3.05, 3.63) is 63.6 Å². The van der Waals surface area contributed by atoms with Gasteiger partial charge in [0.25, 0.3) is 5.91 Å². The Labute approximate surface area is 152 Å². The van der Waals surface area contributed by atoms with Gasteiger partial charge in [-0.15, -0.1) is 0 Å². The van der Waals surface area contributed by atoms with Crippen molar-refractivity contribution in [3.8, 4) is 0 Å². The van der Waals surface area contributed by atoms with E-state index in [9.17, 15) is 4.79 Å². The van der Waals surface area contributed by atoms with Gasteiger partial charge in [0.2, 0.25) is 0 Å². The van der Waals surface area contributed by atoms with E-state index in [-0.39, 0.29) is 5.91 Å². The van der Waals surface area contributed by atoms with Crippen molar-refractivity contribution in [1.82, 2.24) is 4.90 Å². The molecule has 1 atom stereocenters. The van der Waals surface area contributed by atoms with E-state index < -0.39 is 0 Å². The first-order chi connectivity index (χ1) is 11.0. The summed E-state index contributed by atoms with van der Waals surface area (Å²) in [7, 11) is 0. The third-order valence-electron chi connectivity index (χ3n) is 3.35. The highest BCUT2D eigenvalue weighted by molar-refractivity contribution is 9.10. The summed E-state index contributed by atoms with van der Waals surface area (Å²) in [6.45, 7) is 2.75. The summed E-state index contributed by atoms with van der Waals surface area (Å²) in [6, 6.07) is 14.7. The van der Waals surface area contributed by atoms with E-state index in [0.717, 1.165) is 15.3 Å². The lowest BCUT2D eigenvalue weighted by atomic mass is 10.2. The molecule has 2 aromatic carbocycles. The molecule has 1 aliphatic rings. The van der Waals surface area contributed by atoms with Crippen molar-refractivity contribution in [2.45, 2.75) is 12.2 Å². The maximum atomic E-state index is 12.8. The molecule has 0 aromatic heterocycles. The number of amidine groups is 1. The van der Waals surface area contributed by atoms with Crippen LogP contribution in [0.5, 0.6) is 0 Å². The molecule has 2 aromatic rings. The minimum atomic E-state index is -0.0316. The molecular formula is C17H14BrClN2OS. The summed E-state index contributed by atoms with van der Waals surface area (Å²) in [5.41, 5.74) is 1.44. The summed E-state index contributed by atoms with van der Waals surface area (Å²) >= 11 is 10.9. The van der Waals surface area contributed by atoms with Crippen LogP contribution in [0.25, 0.3) is 0 Å². The average molecular weight is 410 g/mol. The van der Waals surface area contributed by atoms with Crippen molar-refractivity contribution in [1.29, 1.82) is 0 Å². The number of carbonyl (C=O) groups excluding carboxylic acids is 1. The van der Waals surface area contributed by atoms with Crippen LogP contribution in [0.2, 0.25) is 5.02 Å². The van der Waals surface area contributed by atoms with Gasteiger partial charge in [-0.3, -0.25) is 9.69 Å². The number of hydrogen-bond donors (Lipinski definition) is 0. The SMILES string of the molecule is C[C@@H]1CN(C(=O)c2cccc(Br)c2)C(=Nc2ccc(Cl)cc2)S1. The van der Waals surface area contributed by atoms with Crippen molar-refractivity contribution in [2.75, 3.05) is 6.54 Å². The molecule has 0 aliphatic carbocycles. The average Bonchev–Trinajstić information content (AvgIpc) is 2.89. The van der Waals surface area contributed by atoms with Gasteiger partial charge in [-0.25, -0.2) is 4.99 Å². The Kier molecular flexibility index (Phi) is 5.09. The lowest BCUT2D eigenvalue weighted by molar-refractivity contribution is 0.0855. The van der Waals surface area contributed by atoms with E-state index in [1.165, 1.54) is 0 Å².